The molecule has 0 saturated heterocycles. The van der Waals surface area contributed by atoms with Crippen molar-refractivity contribution in [2.45, 2.75) is 19.9 Å². The zero-order chi connectivity index (χ0) is 16.9. The number of anilines is 1. The number of methoxy groups -OCH3 is 1. The lowest BCUT2D eigenvalue weighted by Crippen LogP contribution is -2.15. The highest BCUT2D eigenvalue weighted by molar-refractivity contribution is 6.04. The van der Waals surface area contributed by atoms with Crippen LogP contribution in [-0.2, 0) is 13.0 Å². The number of hydrogen-bond acceptors (Lipinski definition) is 5. The Labute approximate surface area is 138 Å². The second-order valence-corrected chi connectivity index (χ2v) is 5.13. The molecule has 3 rings (SSSR count). The van der Waals surface area contributed by atoms with Crippen LogP contribution in [0.3, 0.4) is 0 Å². The maximum absolute atomic E-state index is 12.5. The first-order valence-electron chi connectivity index (χ1n) is 7.57. The van der Waals surface area contributed by atoms with Gasteiger partial charge in [-0.3, -0.25) is 14.8 Å². The van der Waals surface area contributed by atoms with Crippen LogP contribution in [0.25, 0.3) is 0 Å². The van der Waals surface area contributed by atoms with Gasteiger partial charge in [0.1, 0.15) is 0 Å². The molecular weight excluding hydrogens is 308 g/mol. The van der Waals surface area contributed by atoms with Crippen LogP contribution in [0.5, 0.6) is 6.01 Å². The van der Waals surface area contributed by atoms with E-state index in [-0.39, 0.29) is 17.9 Å². The van der Waals surface area contributed by atoms with Gasteiger partial charge in [0.2, 0.25) is 5.95 Å². The molecule has 3 aromatic rings. The van der Waals surface area contributed by atoms with Crippen LogP contribution in [0.15, 0.2) is 36.5 Å². The summed E-state index contributed by atoms with van der Waals surface area (Å²) in [6.45, 7) is 2.61. The third-order valence-electron chi connectivity index (χ3n) is 3.58. The van der Waals surface area contributed by atoms with Crippen LogP contribution in [0, 0.1) is 0 Å². The minimum absolute atomic E-state index is 0.167. The van der Waals surface area contributed by atoms with Gasteiger partial charge in [0.05, 0.1) is 31.1 Å². The minimum Gasteiger partial charge on any atom is -0.466 e. The molecule has 0 unspecified atom stereocenters. The van der Waals surface area contributed by atoms with Gasteiger partial charge in [-0.1, -0.05) is 37.3 Å². The summed E-state index contributed by atoms with van der Waals surface area (Å²) >= 11 is 0. The number of amides is 1. The molecule has 0 atom stereocenters. The molecule has 0 aliphatic heterocycles. The molecule has 1 aromatic carbocycles. The Kier molecular flexibility index (Phi) is 4.55. The van der Waals surface area contributed by atoms with Crippen molar-refractivity contribution in [3.8, 4) is 6.01 Å². The molecule has 2 N–H and O–H groups in total. The van der Waals surface area contributed by atoms with Crippen LogP contribution in [-0.4, -0.2) is 38.0 Å². The standard InChI is InChI=1S/C16H18N6O2/c1-3-13-12(14(23)18-15-19-16(24-2)21-20-15)9-17-22(13)10-11-7-5-4-6-8-11/h4-9H,3,10H2,1-2H3,(H2,18,19,20,21,23). The van der Waals surface area contributed by atoms with Crippen molar-refractivity contribution in [2.24, 2.45) is 0 Å². The van der Waals surface area contributed by atoms with E-state index in [4.69, 9.17) is 4.74 Å². The van der Waals surface area contributed by atoms with Gasteiger partial charge < -0.3 is 4.74 Å². The topological polar surface area (TPSA) is 97.7 Å². The van der Waals surface area contributed by atoms with Crippen LogP contribution in [0.2, 0.25) is 0 Å². The average molecular weight is 326 g/mol. The van der Waals surface area contributed by atoms with Gasteiger partial charge in [0.15, 0.2) is 0 Å². The van der Waals surface area contributed by atoms with Crippen molar-refractivity contribution in [1.82, 2.24) is 25.0 Å². The van der Waals surface area contributed by atoms with Gasteiger partial charge in [-0.15, -0.1) is 5.10 Å². The first kappa shape index (κ1) is 15.7. The summed E-state index contributed by atoms with van der Waals surface area (Å²) in [6.07, 6.45) is 2.26. The van der Waals surface area contributed by atoms with Crippen LogP contribution < -0.4 is 10.1 Å². The van der Waals surface area contributed by atoms with E-state index in [2.05, 4.69) is 25.6 Å². The van der Waals surface area contributed by atoms with E-state index in [1.54, 1.807) is 6.20 Å². The van der Waals surface area contributed by atoms with E-state index in [1.165, 1.54) is 7.11 Å². The van der Waals surface area contributed by atoms with E-state index < -0.39 is 0 Å². The van der Waals surface area contributed by atoms with Gasteiger partial charge in [0.25, 0.3) is 5.91 Å². The predicted molar refractivity (Wildman–Crippen MR) is 88.0 cm³/mol. The number of nitrogens with one attached hydrogen (secondary N) is 2. The molecule has 124 valence electrons. The SMILES string of the molecule is CCc1c(C(=O)Nc2nc(OC)n[nH]2)cnn1Cc1ccccc1. The van der Waals surface area contributed by atoms with Crippen LogP contribution in [0.1, 0.15) is 28.5 Å². The number of H-pyrrole nitrogens is 1. The number of carbonyl (C=O) groups is 1. The quantitative estimate of drug-likeness (QED) is 0.720. The molecule has 0 aliphatic carbocycles. The van der Waals surface area contributed by atoms with Crippen molar-refractivity contribution in [3.63, 3.8) is 0 Å². The Morgan fingerprint density at radius 2 is 2.12 bits per heavy atom. The van der Waals surface area contributed by atoms with Crippen molar-refractivity contribution >= 4 is 11.9 Å². The van der Waals surface area contributed by atoms with Gasteiger partial charge in [-0.05, 0) is 12.0 Å². The lowest BCUT2D eigenvalue weighted by Gasteiger charge is -2.08. The first-order valence-corrected chi connectivity index (χ1v) is 7.57. The van der Waals surface area contributed by atoms with E-state index in [0.29, 0.717) is 18.5 Å². The minimum atomic E-state index is -0.287. The molecule has 8 nitrogen and oxygen atoms in total. The molecule has 2 heterocycles. The highest BCUT2D eigenvalue weighted by Gasteiger charge is 2.18. The van der Waals surface area contributed by atoms with Gasteiger partial charge >= 0.3 is 6.01 Å². The fourth-order valence-electron chi connectivity index (χ4n) is 2.43. The smallest absolute Gasteiger partial charge is 0.336 e. The van der Waals surface area contributed by atoms with E-state index in [9.17, 15) is 4.79 Å². The molecule has 0 saturated carbocycles. The molecule has 1 amide bonds. The number of nitrogens with zero attached hydrogens (tertiary/aromatic N) is 4. The largest absolute Gasteiger partial charge is 0.466 e. The van der Waals surface area contributed by atoms with Gasteiger partial charge in [-0.2, -0.15) is 10.1 Å². The fraction of sp³-hybridized carbons (Fsp3) is 0.250. The number of rotatable bonds is 6. The number of carbonyl (C=O) groups excluding carboxylic acids is 1. The zero-order valence-corrected chi connectivity index (χ0v) is 13.5. The summed E-state index contributed by atoms with van der Waals surface area (Å²) < 4.78 is 6.71. The summed E-state index contributed by atoms with van der Waals surface area (Å²) in [7, 11) is 1.46. The molecule has 0 fully saturated rings. The van der Waals surface area contributed by atoms with Crippen LogP contribution >= 0.6 is 0 Å². The third kappa shape index (κ3) is 3.27. The van der Waals surface area contributed by atoms with E-state index >= 15 is 0 Å². The van der Waals surface area contributed by atoms with E-state index in [1.807, 2.05) is 41.9 Å². The van der Waals surface area contributed by atoms with Crippen LogP contribution in [0.4, 0.5) is 5.95 Å². The second kappa shape index (κ2) is 6.95. The van der Waals surface area contributed by atoms with Crippen molar-refractivity contribution in [1.29, 1.82) is 0 Å². The Morgan fingerprint density at radius 1 is 1.33 bits per heavy atom. The zero-order valence-electron chi connectivity index (χ0n) is 13.5. The number of aromatic amines is 1. The lowest BCUT2D eigenvalue weighted by molar-refractivity contribution is 0.102. The first-order chi connectivity index (χ1) is 11.7. The summed E-state index contributed by atoms with van der Waals surface area (Å²) in [4.78, 5) is 16.4. The van der Waals surface area contributed by atoms with Gasteiger partial charge in [-0.25, -0.2) is 5.10 Å². The number of aromatic nitrogens is 5. The Bertz CT molecular complexity index is 824. The lowest BCUT2D eigenvalue weighted by atomic mass is 10.2. The number of hydrogen-bond donors (Lipinski definition) is 2. The molecule has 8 heteroatoms. The maximum atomic E-state index is 12.5. The maximum Gasteiger partial charge on any atom is 0.336 e. The molecular formula is C16H18N6O2. The summed E-state index contributed by atoms with van der Waals surface area (Å²) in [6, 6.07) is 10.2. The molecule has 24 heavy (non-hydrogen) atoms. The van der Waals surface area contributed by atoms with Gasteiger partial charge in [0, 0.05) is 0 Å². The van der Waals surface area contributed by atoms with Crippen molar-refractivity contribution < 1.29 is 9.53 Å². The Morgan fingerprint density at radius 3 is 2.79 bits per heavy atom. The number of ether oxygens (including phenoxy) is 1. The summed E-state index contributed by atoms with van der Waals surface area (Å²) in [5.74, 6) is -0.0559. The second-order valence-electron chi connectivity index (χ2n) is 5.13. The highest BCUT2D eigenvalue weighted by Crippen LogP contribution is 2.14. The molecule has 0 spiro atoms. The van der Waals surface area contributed by atoms with E-state index in [0.717, 1.165) is 11.3 Å². The predicted octanol–water partition coefficient (Wildman–Crippen LogP) is 1.87. The molecule has 0 aliphatic rings. The molecule has 0 radical (unpaired) electrons. The average Bonchev–Trinajstić information content (AvgIpc) is 3.22. The monoisotopic (exact) mass is 326 g/mol. The normalized spacial score (nSPS) is 10.6. The number of benzene rings is 1. The Hall–Kier alpha value is -3.16. The molecule has 2 aromatic heterocycles. The summed E-state index contributed by atoms with van der Waals surface area (Å²) in [5, 5.41) is 13.4. The Balaban J connectivity index is 1.79. The van der Waals surface area contributed by atoms with Crippen molar-refractivity contribution in [3.05, 3.63) is 53.3 Å². The van der Waals surface area contributed by atoms with Crippen molar-refractivity contribution in [2.75, 3.05) is 12.4 Å². The highest BCUT2D eigenvalue weighted by atomic mass is 16.5. The molecule has 0 bridgehead atoms. The third-order valence-corrected chi connectivity index (χ3v) is 3.58. The summed E-state index contributed by atoms with van der Waals surface area (Å²) in [5.41, 5.74) is 2.51. The fourth-order valence-corrected chi connectivity index (χ4v) is 2.43.